The van der Waals surface area contributed by atoms with Crippen molar-refractivity contribution in [1.29, 1.82) is 0 Å². The van der Waals surface area contributed by atoms with Crippen LogP contribution in [0.5, 0.6) is 11.5 Å². The standard InChI is InChI=1S/C40H26O2/c41-39-35-31-17-32(28-14-24-10-20-6-2-1-5-19(20)9-23(24)13-27(28)31)36(35)40(42)38-34-18-33(37(38)39)29-15-25-11-21-7-3-4-8-22(21)12-26(25)16-30(29)34/h1-16,31-34,41-42H,17-18H2/t31-,32+,33+,34-. The molecule has 4 atom stereocenters. The van der Waals surface area contributed by atoms with Crippen LogP contribution in [0.4, 0.5) is 0 Å². The van der Waals surface area contributed by atoms with Gasteiger partial charge in [0.15, 0.2) is 0 Å². The molecule has 2 N–H and O–H groups in total. The summed E-state index contributed by atoms with van der Waals surface area (Å²) < 4.78 is 0. The molecule has 7 aromatic rings. The Morgan fingerprint density at radius 2 is 0.619 bits per heavy atom. The normalized spacial score (nSPS) is 22.3. The maximum absolute atomic E-state index is 12.0. The SMILES string of the molecule is Oc1c2c(c(O)c3c1[C@H]1C[C@@H]3c3cc4cc5ccccc5cc4cc31)[C@H]1C[C@@H]2c2cc3cc4ccccc4cc3cc21. The molecule has 0 heterocycles. The average Bonchev–Trinajstić information content (AvgIpc) is 3.78. The van der Waals surface area contributed by atoms with Crippen molar-refractivity contribution in [2.45, 2.75) is 36.5 Å². The predicted octanol–water partition coefficient (Wildman–Crippen LogP) is 9.67. The first-order chi connectivity index (χ1) is 20.6. The van der Waals surface area contributed by atoms with E-state index in [-0.39, 0.29) is 23.7 Å². The third-order valence-electron chi connectivity index (χ3n) is 11.3. The number of hydrogen-bond donors (Lipinski definition) is 2. The highest BCUT2D eigenvalue weighted by Crippen LogP contribution is 2.69. The van der Waals surface area contributed by atoms with E-state index in [9.17, 15) is 10.2 Å². The van der Waals surface area contributed by atoms with Crippen molar-refractivity contribution in [3.63, 3.8) is 0 Å². The number of hydrogen-bond acceptors (Lipinski definition) is 2. The molecule has 42 heavy (non-hydrogen) atoms. The van der Waals surface area contributed by atoms with E-state index >= 15 is 0 Å². The monoisotopic (exact) mass is 538 g/mol. The molecule has 4 aliphatic rings. The molecule has 0 aliphatic heterocycles. The number of phenolic OH excluding ortho intramolecular Hbond substituents is 2. The summed E-state index contributed by atoms with van der Waals surface area (Å²) in [4.78, 5) is 0. The fourth-order valence-electron chi connectivity index (χ4n) is 9.55. The van der Waals surface area contributed by atoms with Gasteiger partial charge in [-0.1, -0.05) is 72.8 Å². The Balaban J connectivity index is 1.10. The van der Waals surface area contributed by atoms with E-state index in [4.69, 9.17) is 0 Å². The maximum atomic E-state index is 12.0. The van der Waals surface area contributed by atoms with Crippen LogP contribution < -0.4 is 0 Å². The molecule has 0 saturated heterocycles. The van der Waals surface area contributed by atoms with E-state index in [2.05, 4.69) is 97.1 Å². The molecular weight excluding hydrogens is 512 g/mol. The van der Waals surface area contributed by atoms with Crippen LogP contribution >= 0.6 is 0 Å². The largest absolute Gasteiger partial charge is 0.507 e. The second-order valence-corrected chi connectivity index (χ2v) is 13.1. The molecule has 0 amide bonds. The second kappa shape index (κ2) is 7.14. The molecule has 4 aliphatic carbocycles. The summed E-state index contributed by atoms with van der Waals surface area (Å²) in [5.74, 6) is 1.43. The highest BCUT2D eigenvalue weighted by atomic mass is 16.3. The van der Waals surface area contributed by atoms with E-state index in [1.54, 1.807) is 0 Å². The van der Waals surface area contributed by atoms with Crippen molar-refractivity contribution in [2.24, 2.45) is 0 Å². The Hall–Kier alpha value is -4.82. The van der Waals surface area contributed by atoms with E-state index in [0.717, 1.165) is 35.1 Å². The van der Waals surface area contributed by atoms with Gasteiger partial charge in [-0.25, -0.2) is 0 Å². The number of phenols is 2. The molecule has 2 nitrogen and oxygen atoms in total. The number of benzene rings is 7. The number of fused-ring (bicyclic) bond motifs is 20. The highest BCUT2D eigenvalue weighted by Gasteiger charge is 2.52. The van der Waals surface area contributed by atoms with Gasteiger partial charge in [0.05, 0.1) is 0 Å². The van der Waals surface area contributed by atoms with Crippen LogP contribution in [0.1, 0.15) is 81.0 Å². The third kappa shape index (κ3) is 2.46. The van der Waals surface area contributed by atoms with Crippen molar-refractivity contribution in [1.82, 2.24) is 0 Å². The van der Waals surface area contributed by atoms with Crippen LogP contribution in [0.15, 0.2) is 97.1 Å². The van der Waals surface area contributed by atoms with Crippen LogP contribution in [0, 0.1) is 0 Å². The first-order valence-corrected chi connectivity index (χ1v) is 15.2. The minimum Gasteiger partial charge on any atom is -0.507 e. The van der Waals surface area contributed by atoms with E-state index in [0.29, 0.717) is 11.5 Å². The van der Waals surface area contributed by atoms with E-state index in [1.165, 1.54) is 65.3 Å². The van der Waals surface area contributed by atoms with E-state index in [1.807, 2.05) is 0 Å². The van der Waals surface area contributed by atoms with Gasteiger partial charge in [-0.2, -0.15) is 0 Å². The molecule has 2 heteroatoms. The summed E-state index contributed by atoms with van der Waals surface area (Å²) in [6.45, 7) is 0. The van der Waals surface area contributed by atoms with Crippen molar-refractivity contribution in [2.75, 3.05) is 0 Å². The molecule has 0 unspecified atom stereocenters. The van der Waals surface area contributed by atoms with Gasteiger partial charge < -0.3 is 10.2 Å². The lowest BCUT2D eigenvalue weighted by molar-refractivity contribution is 0.440. The van der Waals surface area contributed by atoms with Gasteiger partial charge in [-0.3, -0.25) is 0 Å². The Morgan fingerprint density at radius 3 is 0.881 bits per heavy atom. The molecular formula is C40H26O2. The number of aromatic hydroxyl groups is 2. The van der Waals surface area contributed by atoms with Gasteiger partial charge in [-0.05, 0) is 102 Å². The lowest BCUT2D eigenvalue weighted by Gasteiger charge is -2.29. The lowest BCUT2D eigenvalue weighted by Crippen LogP contribution is -2.11. The molecule has 0 spiro atoms. The molecule has 0 saturated carbocycles. The fourth-order valence-corrected chi connectivity index (χ4v) is 9.55. The van der Waals surface area contributed by atoms with Gasteiger partial charge >= 0.3 is 0 Å². The van der Waals surface area contributed by atoms with Gasteiger partial charge in [0.1, 0.15) is 11.5 Å². The van der Waals surface area contributed by atoms with Gasteiger partial charge in [0.25, 0.3) is 0 Å². The van der Waals surface area contributed by atoms with Crippen molar-refractivity contribution >= 4 is 43.1 Å². The topological polar surface area (TPSA) is 40.5 Å². The molecule has 11 rings (SSSR count). The van der Waals surface area contributed by atoms with Crippen LogP contribution in [0.25, 0.3) is 43.1 Å². The maximum Gasteiger partial charge on any atom is 0.124 e. The zero-order valence-corrected chi connectivity index (χ0v) is 22.9. The van der Waals surface area contributed by atoms with Gasteiger partial charge in [-0.15, -0.1) is 0 Å². The van der Waals surface area contributed by atoms with Crippen molar-refractivity contribution in [3.8, 4) is 11.5 Å². The molecule has 4 bridgehead atoms. The highest BCUT2D eigenvalue weighted by molar-refractivity contribution is 6.01. The van der Waals surface area contributed by atoms with Crippen molar-refractivity contribution in [3.05, 3.63) is 142 Å². The van der Waals surface area contributed by atoms with Crippen LogP contribution in [-0.2, 0) is 0 Å². The summed E-state index contributed by atoms with van der Waals surface area (Å²) in [5, 5.41) is 34.1. The van der Waals surface area contributed by atoms with Crippen molar-refractivity contribution < 1.29 is 10.2 Å². The molecule has 0 radical (unpaired) electrons. The fraction of sp³-hybridized carbons (Fsp3) is 0.150. The van der Waals surface area contributed by atoms with Crippen LogP contribution in [0.2, 0.25) is 0 Å². The zero-order chi connectivity index (χ0) is 27.4. The van der Waals surface area contributed by atoms with Crippen LogP contribution in [0.3, 0.4) is 0 Å². The van der Waals surface area contributed by atoms with Gasteiger partial charge in [0, 0.05) is 45.9 Å². The molecule has 0 aromatic heterocycles. The average molecular weight is 539 g/mol. The summed E-state index contributed by atoms with van der Waals surface area (Å²) in [6.07, 6.45) is 1.87. The van der Waals surface area contributed by atoms with Gasteiger partial charge in [0.2, 0.25) is 0 Å². The quantitative estimate of drug-likeness (QED) is 0.149. The molecule has 7 aromatic carbocycles. The summed E-state index contributed by atoms with van der Waals surface area (Å²) in [6, 6.07) is 35.7. The Morgan fingerprint density at radius 1 is 0.357 bits per heavy atom. The molecule has 0 fully saturated rings. The first kappa shape index (κ1) is 21.9. The lowest BCUT2D eigenvalue weighted by atomic mass is 9.76. The minimum atomic E-state index is 0.133. The number of rotatable bonds is 0. The second-order valence-electron chi connectivity index (χ2n) is 13.1. The molecule has 198 valence electrons. The third-order valence-corrected chi connectivity index (χ3v) is 11.3. The Kier molecular flexibility index (Phi) is 3.72. The smallest absolute Gasteiger partial charge is 0.124 e. The zero-order valence-electron chi connectivity index (χ0n) is 22.9. The first-order valence-electron chi connectivity index (χ1n) is 15.2. The predicted molar refractivity (Wildman–Crippen MR) is 169 cm³/mol. The van der Waals surface area contributed by atoms with Crippen LogP contribution in [-0.4, -0.2) is 10.2 Å². The Labute approximate surface area is 242 Å². The van der Waals surface area contributed by atoms with E-state index < -0.39 is 0 Å². The Bertz CT molecular complexity index is 2080. The summed E-state index contributed by atoms with van der Waals surface area (Å²) in [7, 11) is 0. The minimum absolute atomic E-state index is 0.133. The summed E-state index contributed by atoms with van der Waals surface area (Å²) in [5.41, 5.74) is 9.26. The summed E-state index contributed by atoms with van der Waals surface area (Å²) >= 11 is 0.